The Kier molecular flexibility index (Phi) is 4.63. The molecule has 0 spiro atoms. The van der Waals surface area contributed by atoms with Crippen LogP contribution in [0.15, 0.2) is 24.3 Å². The van der Waals surface area contributed by atoms with Crippen molar-refractivity contribution in [2.45, 2.75) is 39.1 Å². The number of nitrogens with zero attached hydrogens (tertiary/aromatic N) is 3. The van der Waals surface area contributed by atoms with Crippen molar-refractivity contribution in [3.8, 4) is 0 Å². The van der Waals surface area contributed by atoms with Crippen molar-refractivity contribution in [3.63, 3.8) is 0 Å². The molecular formula is C15H18ClN3O2. The van der Waals surface area contributed by atoms with E-state index in [0.717, 1.165) is 22.5 Å². The molecule has 5 nitrogen and oxygen atoms in total. The van der Waals surface area contributed by atoms with Gasteiger partial charge in [-0.05, 0) is 27.2 Å². The maximum atomic E-state index is 11.0. The van der Waals surface area contributed by atoms with Gasteiger partial charge in [0, 0.05) is 29.4 Å². The zero-order valence-electron chi connectivity index (χ0n) is 12.3. The average molecular weight is 308 g/mol. The molecule has 2 rings (SSSR count). The van der Waals surface area contributed by atoms with Crippen LogP contribution in [0.1, 0.15) is 34.8 Å². The predicted molar refractivity (Wildman–Crippen MR) is 82.8 cm³/mol. The summed E-state index contributed by atoms with van der Waals surface area (Å²) in [5, 5.41) is 15.4. The number of nitro groups is 1. The van der Waals surface area contributed by atoms with Gasteiger partial charge in [-0.2, -0.15) is 5.10 Å². The molecule has 0 aliphatic carbocycles. The molecule has 1 aromatic heterocycles. The summed E-state index contributed by atoms with van der Waals surface area (Å²) < 4.78 is 1.88. The fourth-order valence-electron chi connectivity index (χ4n) is 2.63. The third-order valence-electron chi connectivity index (χ3n) is 3.62. The molecule has 21 heavy (non-hydrogen) atoms. The molecular weight excluding hydrogens is 290 g/mol. The van der Waals surface area contributed by atoms with Crippen LogP contribution in [0.5, 0.6) is 0 Å². The highest BCUT2D eigenvalue weighted by Gasteiger charge is 2.17. The van der Waals surface area contributed by atoms with Crippen LogP contribution in [-0.2, 0) is 13.0 Å². The molecule has 6 heteroatoms. The molecule has 0 radical (unpaired) electrons. The summed E-state index contributed by atoms with van der Waals surface area (Å²) >= 11 is 6.17. The standard InChI is InChI=1S/C15H18ClN3O2/c1-10(16)15-11(2)17-18(12(15)3)9-8-13-6-4-5-7-14(13)19(20)21/h4-7,10H,8-9H2,1-3H3. The Morgan fingerprint density at radius 1 is 1.38 bits per heavy atom. The van der Waals surface area contributed by atoms with Gasteiger partial charge >= 0.3 is 0 Å². The number of hydrogen-bond donors (Lipinski definition) is 0. The maximum Gasteiger partial charge on any atom is 0.272 e. The molecule has 0 saturated heterocycles. The van der Waals surface area contributed by atoms with Crippen molar-refractivity contribution < 1.29 is 4.92 Å². The second kappa shape index (κ2) is 6.26. The lowest BCUT2D eigenvalue weighted by molar-refractivity contribution is -0.385. The minimum Gasteiger partial charge on any atom is -0.269 e. The molecule has 0 amide bonds. The van der Waals surface area contributed by atoms with Crippen LogP contribution in [0.4, 0.5) is 5.69 Å². The van der Waals surface area contributed by atoms with Crippen LogP contribution in [0.3, 0.4) is 0 Å². The Labute approximate surface area is 128 Å². The summed E-state index contributed by atoms with van der Waals surface area (Å²) in [7, 11) is 0. The number of benzene rings is 1. The Morgan fingerprint density at radius 3 is 2.62 bits per heavy atom. The van der Waals surface area contributed by atoms with E-state index in [-0.39, 0.29) is 16.0 Å². The van der Waals surface area contributed by atoms with Crippen LogP contribution in [-0.4, -0.2) is 14.7 Å². The summed E-state index contributed by atoms with van der Waals surface area (Å²) in [4.78, 5) is 10.7. The van der Waals surface area contributed by atoms with Crippen LogP contribution >= 0.6 is 11.6 Å². The highest BCUT2D eigenvalue weighted by molar-refractivity contribution is 6.20. The molecule has 2 aromatic rings. The summed E-state index contributed by atoms with van der Waals surface area (Å²) in [6, 6.07) is 6.81. The van der Waals surface area contributed by atoms with Gasteiger partial charge in [0.25, 0.3) is 5.69 Å². The third kappa shape index (κ3) is 3.24. The second-order valence-corrected chi connectivity index (χ2v) is 5.71. The fraction of sp³-hybridized carbons (Fsp3) is 0.400. The molecule has 1 aromatic carbocycles. The highest BCUT2D eigenvalue weighted by atomic mass is 35.5. The van der Waals surface area contributed by atoms with Crippen LogP contribution in [0.2, 0.25) is 0 Å². The van der Waals surface area contributed by atoms with Gasteiger partial charge in [0.2, 0.25) is 0 Å². The van der Waals surface area contributed by atoms with Crippen molar-refractivity contribution in [1.29, 1.82) is 0 Å². The smallest absolute Gasteiger partial charge is 0.269 e. The van der Waals surface area contributed by atoms with Crippen molar-refractivity contribution >= 4 is 17.3 Å². The van der Waals surface area contributed by atoms with Gasteiger partial charge in [-0.15, -0.1) is 11.6 Å². The van der Waals surface area contributed by atoms with Crippen LogP contribution in [0, 0.1) is 24.0 Å². The SMILES string of the molecule is Cc1nn(CCc2ccccc2[N+](=O)[O-])c(C)c1C(C)Cl. The van der Waals surface area contributed by atoms with E-state index < -0.39 is 0 Å². The van der Waals surface area contributed by atoms with Gasteiger partial charge in [-0.3, -0.25) is 14.8 Å². The lowest BCUT2D eigenvalue weighted by atomic mass is 10.1. The molecule has 0 fully saturated rings. The number of hydrogen-bond acceptors (Lipinski definition) is 3. The summed E-state index contributed by atoms with van der Waals surface area (Å²) in [6.07, 6.45) is 0.565. The number of rotatable bonds is 5. The Bertz CT molecular complexity index is 665. The van der Waals surface area contributed by atoms with Gasteiger partial charge in [-0.25, -0.2) is 0 Å². The zero-order valence-corrected chi connectivity index (χ0v) is 13.1. The molecule has 1 unspecified atom stereocenters. The zero-order chi connectivity index (χ0) is 15.6. The van der Waals surface area contributed by atoms with E-state index in [2.05, 4.69) is 5.10 Å². The quantitative estimate of drug-likeness (QED) is 0.477. The van der Waals surface area contributed by atoms with E-state index in [1.165, 1.54) is 6.07 Å². The number of alkyl halides is 1. The number of aryl methyl sites for hydroxylation is 3. The highest BCUT2D eigenvalue weighted by Crippen LogP contribution is 2.26. The Balaban J connectivity index is 2.22. The molecule has 0 aliphatic rings. The normalized spacial score (nSPS) is 12.4. The molecule has 0 bridgehead atoms. The van der Waals surface area contributed by atoms with Gasteiger partial charge < -0.3 is 0 Å². The van der Waals surface area contributed by atoms with Gasteiger partial charge in [0.05, 0.1) is 16.0 Å². The maximum absolute atomic E-state index is 11.0. The number of nitro benzene ring substituents is 1. The monoisotopic (exact) mass is 307 g/mol. The largest absolute Gasteiger partial charge is 0.272 e. The molecule has 0 N–H and O–H groups in total. The Morgan fingerprint density at radius 2 is 2.05 bits per heavy atom. The number of para-hydroxylation sites is 1. The van der Waals surface area contributed by atoms with E-state index in [1.807, 2.05) is 31.5 Å². The summed E-state index contributed by atoms with van der Waals surface area (Å²) in [5.41, 5.74) is 3.85. The molecule has 0 saturated carbocycles. The summed E-state index contributed by atoms with van der Waals surface area (Å²) in [5.74, 6) is 0. The topological polar surface area (TPSA) is 61.0 Å². The molecule has 112 valence electrons. The second-order valence-electron chi connectivity index (χ2n) is 5.06. The fourth-order valence-corrected chi connectivity index (χ4v) is 2.95. The first-order chi connectivity index (χ1) is 9.91. The summed E-state index contributed by atoms with van der Waals surface area (Å²) in [6.45, 7) is 6.43. The van der Waals surface area contributed by atoms with Gasteiger partial charge in [0.1, 0.15) is 0 Å². The predicted octanol–water partition coefficient (Wildman–Crippen LogP) is 3.95. The minimum absolute atomic E-state index is 0.0928. The van der Waals surface area contributed by atoms with E-state index in [4.69, 9.17) is 11.6 Å². The number of aromatic nitrogens is 2. The van der Waals surface area contributed by atoms with Crippen molar-refractivity contribution in [3.05, 3.63) is 56.9 Å². The molecule has 0 aliphatic heterocycles. The van der Waals surface area contributed by atoms with Gasteiger partial charge in [0.15, 0.2) is 0 Å². The van der Waals surface area contributed by atoms with E-state index in [9.17, 15) is 10.1 Å². The lowest BCUT2D eigenvalue weighted by Gasteiger charge is -2.07. The van der Waals surface area contributed by atoms with Crippen molar-refractivity contribution in [2.24, 2.45) is 0 Å². The van der Waals surface area contributed by atoms with Crippen LogP contribution < -0.4 is 0 Å². The first kappa shape index (κ1) is 15.5. The first-order valence-corrected chi connectivity index (χ1v) is 7.25. The van der Waals surface area contributed by atoms with E-state index >= 15 is 0 Å². The minimum atomic E-state index is -0.344. The Hall–Kier alpha value is -1.88. The average Bonchev–Trinajstić information content (AvgIpc) is 2.71. The number of halogens is 1. The first-order valence-electron chi connectivity index (χ1n) is 6.82. The third-order valence-corrected chi connectivity index (χ3v) is 3.83. The molecule has 1 atom stereocenters. The van der Waals surface area contributed by atoms with Crippen molar-refractivity contribution in [1.82, 2.24) is 9.78 Å². The van der Waals surface area contributed by atoms with E-state index in [0.29, 0.717) is 13.0 Å². The lowest BCUT2D eigenvalue weighted by Crippen LogP contribution is -2.07. The van der Waals surface area contributed by atoms with E-state index in [1.54, 1.807) is 12.1 Å². The molecule has 1 heterocycles. The van der Waals surface area contributed by atoms with Gasteiger partial charge in [-0.1, -0.05) is 18.2 Å². The van der Waals surface area contributed by atoms with Crippen LogP contribution in [0.25, 0.3) is 0 Å². The van der Waals surface area contributed by atoms with Crippen molar-refractivity contribution in [2.75, 3.05) is 0 Å².